The summed E-state index contributed by atoms with van der Waals surface area (Å²) in [5.41, 5.74) is 0.698. The van der Waals surface area contributed by atoms with Crippen LogP contribution in [0, 0.1) is 0 Å². The third kappa shape index (κ3) is 6.32. The molecule has 0 radical (unpaired) electrons. The molecule has 0 heterocycles. The van der Waals surface area contributed by atoms with Crippen LogP contribution in [-0.2, 0) is 14.8 Å². The fraction of sp³-hybridized carbons (Fsp3) is 0.136. The molecular formula is C22H21ClN2O5S2. The Labute approximate surface area is 196 Å². The summed E-state index contributed by atoms with van der Waals surface area (Å²) in [6, 6.07) is 18.0. The molecule has 7 nitrogen and oxygen atoms in total. The van der Waals surface area contributed by atoms with E-state index in [0.717, 1.165) is 4.90 Å². The van der Waals surface area contributed by atoms with Gasteiger partial charge in [-0.05, 0) is 66.7 Å². The second kappa shape index (κ2) is 10.6. The molecule has 0 aliphatic rings. The molecule has 0 spiro atoms. The highest BCUT2D eigenvalue weighted by Crippen LogP contribution is 2.29. The topological polar surface area (TPSA) is 93.7 Å². The lowest BCUT2D eigenvalue weighted by Crippen LogP contribution is -2.17. The fourth-order valence-corrected chi connectivity index (χ4v) is 4.79. The molecule has 0 fully saturated rings. The van der Waals surface area contributed by atoms with Gasteiger partial charge in [-0.15, -0.1) is 11.8 Å². The van der Waals surface area contributed by atoms with E-state index in [1.807, 2.05) is 12.1 Å². The first-order chi connectivity index (χ1) is 15.3. The van der Waals surface area contributed by atoms with Crippen molar-refractivity contribution in [3.05, 3.63) is 71.8 Å². The molecule has 0 aromatic heterocycles. The Kier molecular flexibility index (Phi) is 7.89. The number of benzene rings is 3. The van der Waals surface area contributed by atoms with Crippen LogP contribution in [0.4, 0.5) is 11.4 Å². The van der Waals surface area contributed by atoms with Gasteiger partial charge in [0.1, 0.15) is 16.4 Å². The van der Waals surface area contributed by atoms with Crippen molar-refractivity contribution < 1.29 is 22.7 Å². The van der Waals surface area contributed by atoms with E-state index >= 15 is 0 Å². The van der Waals surface area contributed by atoms with Crippen LogP contribution in [0.1, 0.15) is 0 Å². The molecule has 0 bridgehead atoms. The molecule has 10 heteroatoms. The molecule has 32 heavy (non-hydrogen) atoms. The van der Waals surface area contributed by atoms with Gasteiger partial charge in [0, 0.05) is 21.3 Å². The smallest absolute Gasteiger partial charge is 0.265 e. The molecule has 1 amide bonds. The van der Waals surface area contributed by atoms with Crippen LogP contribution in [0.5, 0.6) is 11.5 Å². The number of methoxy groups -OCH3 is 2. The summed E-state index contributed by atoms with van der Waals surface area (Å²) in [5, 5.41) is 3.34. The van der Waals surface area contributed by atoms with Gasteiger partial charge in [0.15, 0.2) is 0 Å². The number of hydrogen-bond acceptors (Lipinski definition) is 6. The third-order valence-corrected chi connectivity index (χ3v) is 6.93. The lowest BCUT2D eigenvalue weighted by molar-refractivity contribution is -0.113. The molecule has 0 saturated carbocycles. The van der Waals surface area contributed by atoms with E-state index in [-0.39, 0.29) is 22.3 Å². The van der Waals surface area contributed by atoms with Crippen molar-refractivity contribution in [2.24, 2.45) is 0 Å². The zero-order chi connectivity index (χ0) is 23.1. The summed E-state index contributed by atoms with van der Waals surface area (Å²) in [4.78, 5) is 13.1. The van der Waals surface area contributed by atoms with Crippen LogP contribution in [0.3, 0.4) is 0 Å². The van der Waals surface area contributed by atoms with Crippen molar-refractivity contribution in [2.45, 2.75) is 9.79 Å². The summed E-state index contributed by atoms with van der Waals surface area (Å²) < 4.78 is 38.7. The first-order valence-corrected chi connectivity index (χ1v) is 12.2. The van der Waals surface area contributed by atoms with Crippen LogP contribution < -0.4 is 19.5 Å². The van der Waals surface area contributed by atoms with Gasteiger partial charge < -0.3 is 14.8 Å². The van der Waals surface area contributed by atoms with E-state index < -0.39 is 10.0 Å². The van der Waals surface area contributed by atoms with E-state index in [1.165, 1.54) is 38.1 Å². The van der Waals surface area contributed by atoms with Gasteiger partial charge in [-0.2, -0.15) is 0 Å². The number of anilines is 2. The Bertz CT molecular complexity index is 1180. The van der Waals surface area contributed by atoms with Crippen LogP contribution in [0.25, 0.3) is 0 Å². The molecule has 0 aliphatic carbocycles. The van der Waals surface area contributed by atoms with Gasteiger partial charge in [0.25, 0.3) is 10.0 Å². The molecule has 0 saturated heterocycles. The van der Waals surface area contributed by atoms with Crippen molar-refractivity contribution in [3.8, 4) is 11.5 Å². The van der Waals surface area contributed by atoms with Crippen LogP contribution in [0.15, 0.2) is 76.5 Å². The van der Waals surface area contributed by atoms with E-state index in [2.05, 4.69) is 10.0 Å². The number of carbonyl (C=O) groups excluding carboxylic acids is 1. The monoisotopic (exact) mass is 492 g/mol. The number of amides is 1. The number of rotatable bonds is 9. The molecule has 3 aromatic carbocycles. The molecule has 2 N–H and O–H groups in total. The van der Waals surface area contributed by atoms with Crippen molar-refractivity contribution in [3.63, 3.8) is 0 Å². The molecule has 3 aromatic rings. The highest BCUT2D eigenvalue weighted by Gasteiger charge is 2.21. The lowest BCUT2D eigenvalue weighted by atomic mass is 10.3. The van der Waals surface area contributed by atoms with Crippen LogP contribution in [-0.4, -0.2) is 34.3 Å². The molecule has 168 valence electrons. The van der Waals surface area contributed by atoms with E-state index in [0.29, 0.717) is 22.1 Å². The van der Waals surface area contributed by atoms with E-state index in [1.54, 1.807) is 42.5 Å². The normalized spacial score (nSPS) is 11.0. The SMILES string of the molecule is COc1ccc(NS(=O)(=O)c2cc(NC(=O)CSc3ccc(Cl)cc3)ccc2OC)cc1. The molecular weight excluding hydrogens is 472 g/mol. The number of carbonyl (C=O) groups is 1. The average Bonchev–Trinajstić information content (AvgIpc) is 2.79. The minimum atomic E-state index is -3.98. The third-order valence-electron chi connectivity index (χ3n) is 4.26. The minimum Gasteiger partial charge on any atom is -0.497 e. The summed E-state index contributed by atoms with van der Waals surface area (Å²) in [7, 11) is -1.07. The van der Waals surface area contributed by atoms with Crippen molar-refractivity contribution in [1.29, 1.82) is 0 Å². The number of sulfonamides is 1. The van der Waals surface area contributed by atoms with Gasteiger partial charge in [-0.3, -0.25) is 9.52 Å². The number of hydrogen-bond donors (Lipinski definition) is 2. The highest BCUT2D eigenvalue weighted by molar-refractivity contribution is 8.00. The van der Waals surface area contributed by atoms with E-state index in [9.17, 15) is 13.2 Å². The summed E-state index contributed by atoms with van der Waals surface area (Å²) in [6.45, 7) is 0. The van der Waals surface area contributed by atoms with E-state index in [4.69, 9.17) is 21.1 Å². The predicted octanol–water partition coefficient (Wildman–Crippen LogP) is 4.89. The maximum atomic E-state index is 13.0. The van der Waals surface area contributed by atoms with Crippen molar-refractivity contribution >= 4 is 50.7 Å². The summed E-state index contributed by atoms with van der Waals surface area (Å²) in [5.74, 6) is 0.632. The zero-order valence-electron chi connectivity index (χ0n) is 17.3. The van der Waals surface area contributed by atoms with Gasteiger partial charge in [0.2, 0.25) is 5.91 Å². The summed E-state index contributed by atoms with van der Waals surface area (Å²) in [6.07, 6.45) is 0. The Hall–Kier alpha value is -2.88. The van der Waals surface area contributed by atoms with Crippen LogP contribution in [0.2, 0.25) is 5.02 Å². The Morgan fingerprint density at radius 3 is 2.22 bits per heavy atom. The predicted molar refractivity (Wildman–Crippen MR) is 128 cm³/mol. The zero-order valence-corrected chi connectivity index (χ0v) is 19.7. The maximum Gasteiger partial charge on any atom is 0.265 e. The first-order valence-electron chi connectivity index (χ1n) is 9.34. The second-order valence-electron chi connectivity index (χ2n) is 6.49. The number of halogens is 1. The Morgan fingerprint density at radius 2 is 1.59 bits per heavy atom. The first kappa shape index (κ1) is 23.8. The Balaban J connectivity index is 1.73. The van der Waals surface area contributed by atoms with Gasteiger partial charge in [-0.1, -0.05) is 11.6 Å². The second-order valence-corrected chi connectivity index (χ2v) is 9.63. The van der Waals surface area contributed by atoms with Gasteiger partial charge in [-0.25, -0.2) is 8.42 Å². The minimum absolute atomic E-state index is 0.0982. The molecule has 0 atom stereocenters. The largest absolute Gasteiger partial charge is 0.497 e. The van der Waals surface area contributed by atoms with Crippen molar-refractivity contribution in [1.82, 2.24) is 0 Å². The average molecular weight is 493 g/mol. The Morgan fingerprint density at radius 1 is 0.938 bits per heavy atom. The molecule has 3 rings (SSSR count). The number of thioether (sulfide) groups is 1. The van der Waals surface area contributed by atoms with Crippen LogP contribution >= 0.6 is 23.4 Å². The number of ether oxygens (including phenoxy) is 2. The van der Waals surface area contributed by atoms with Gasteiger partial charge in [0.05, 0.1) is 20.0 Å². The van der Waals surface area contributed by atoms with Gasteiger partial charge >= 0.3 is 0 Å². The molecule has 0 aliphatic heterocycles. The number of nitrogens with one attached hydrogen (secondary N) is 2. The highest BCUT2D eigenvalue weighted by atomic mass is 35.5. The lowest BCUT2D eigenvalue weighted by Gasteiger charge is -2.14. The standard InChI is InChI=1S/C22H21ClN2O5S2/c1-29-18-8-5-16(6-9-18)25-32(27,28)21-13-17(7-12-20(21)30-2)24-22(26)14-31-19-10-3-15(23)4-11-19/h3-13,25H,14H2,1-2H3,(H,24,26). The maximum absolute atomic E-state index is 13.0. The fourth-order valence-electron chi connectivity index (χ4n) is 2.71. The van der Waals surface area contributed by atoms with Crippen molar-refractivity contribution in [2.75, 3.05) is 30.0 Å². The summed E-state index contributed by atoms with van der Waals surface area (Å²) >= 11 is 7.21. The molecule has 0 unspecified atom stereocenters. The quantitative estimate of drug-likeness (QED) is 0.413.